The fraction of sp³-hybridized carbons (Fsp3) is 1.00. The third kappa shape index (κ3) is 3.45. The Kier molecular flexibility index (Phi) is 5.78. The first kappa shape index (κ1) is 26.2. The van der Waals surface area contributed by atoms with Crippen LogP contribution in [0.1, 0.15) is 80.1 Å². The van der Waals surface area contributed by atoms with Crippen LogP contribution in [-0.4, -0.2) is 60.6 Å². The molecule has 4 unspecified atom stereocenters. The highest BCUT2D eigenvalue weighted by atomic mass is 17.3. The lowest BCUT2D eigenvalue weighted by Crippen LogP contribution is -2.73. The summed E-state index contributed by atoms with van der Waals surface area (Å²) in [5.41, 5.74) is -1.45. The summed E-state index contributed by atoms with van der Waals surface area (Å²) in [6.45, 7) is 13.0. The van der Waals surface area contributed by atoms with Gasteiger partial charge in [0.05, 0.1) is 6.10 Å². The average Bonchev–Trinajstić information content (AvgIpc) is 3.27. The zero-order chi connectivity index (χ0) is 26.9. The van der Waals surface area contributed by atoms with Gasteiger partial charge in [-0.15, -0.1) is 0 Å². The molecule has 8 aliphatic heterocycles. The molecule has 10 rings (SSSR count). The van der Waals surface area contributed by atoms with Gasteiger partial charge in [0, 0.05) is 30.1 Å². The highest BCUT2D eigenvalue weighted by Crippen LogP contribution is 2.62. The van der Waals surface area contributed by atoms with E-state index in [1.54, 1.807) is 0 Å². The van der Waals surface area contributed by atoms with E-state index in [9.17, 15) is 0 Å². The van der Waals surface area contributed by atoms with E-state index in [1.807, 2.05) is 13.8 Å². The second-order valence-corrected chi connectivity index (χ2v) is 14.3. The maximum Gasteiger partial charge on any atom is 0.224 e. The van der Waals surface area contributed by atoms with Crippen LogP contribution < -0.4 is 0 Å². The second kappa shape index (κ2) is 8.58. The van der Waals surface area contributed by atoms with Gasteiger partial charge in [-0.25, -0.2) is 14.7 Å². The Labute approximate surface area is 230 Å². The van der Waals surface area contributed by atoms with Crippen molar-refractivity contribution in [2.75, 3.05) is 6.61 Å². The topological polar surface area (TPSA) is 92.3 Å². The lowest BCUT2D eigenvalue weighted by Gasteiger charge is -2.61. The van der Waals surface area contributed by atoms with Gasteiger partial charge in [0.25, 0.3) is 0 Å². The molecule has 2 saturated carbocycles. The molecule has 220 valence electrons. The van der Waals surface area contributed by atoms with Crippen LogP contribution in [0.4, 0.5) is 0 Å². The quantitative estimate of drug-likeness (QED) is 0.459. The van der Waals surface area contributed by atoms with Crippen LogP contribution in [0.25, 0.3) is 0 Å². The SMILES string of the molecule is C[C@H]1C(OC2O[C@@H]3O[C@]4(C)CO[C@H]5[C@H](C)CC[C@@H]([C@H]2C)[C@@]35OO4)O[C@@H]2O[C@]3(C)CC[C@H]4[C@H](C)CCC1C24OO3. The molecule has 16 atom stereocenters. The first-order chi connectivity index (χ1) is 18.6. The highest BCUT2D eigenvalue weighted by molar-refractivity contribution is 5.11. The normalized spacial score (nSPS) is 63.5. The monoisotopic (exact) mass is 552 g/mol. The summed E-state index contributed by atoms with van der Waals surface area (Å²) in [6.07, 6.45) is 3.48. The first-order valence-corrected chi connectivity index (χ1v) is 15.3. The molecule has 10 heteroatoms. The summed E-state index contributed by atoms with van der Waals surface area (Å²) in [5.74, 6) is -0.399. The minimum atomic E-state index is -1.03. The highest BCUT2D eigenvalue weighted by Gasteiger charge is 2.72. The molecule has 10 fully saturated rings. The van der Waals surface area contributed by atoms with Gasteiger partial charge in [0.2, 0.25) is 11.6 Å². The van der Waals surface area contributed by atoms with Gasteiger partial charge in [-0.3, -0.25) is 0 Å². The molecule has 10 nitrogen and oxygen atoms in total. The van der Waals surface area contributed by atoms with E-state index in [4.69, 9.17) is 48.0 Å². The Morgan fingerprint density at radius 3 is 1.95 bits per heavy atom. The van der Waals surface area contributed by atoms with Crippen molar-refractivity contribution in [2.45, 2.75) is 134 Å². The van der Waals surface area contributed by atoms with Crippen molar-refractivity contribution in [2.24, 2.45) is 41.4 Å². The Morgan fingerprint density at radius 1 is 0.615 bits per heavy atom. The third-order valence-electron chi connectivity index (χ3n) is 11.8. The lowest BCUT2D eigenvalue weighted by atomic mass is 9.58. The number of fused-ring (bicyclic) bond motifs is 4. The standard InChI is InChI=1S/C29H44O10/c1-14-7-9-19-16(3)22(32-24-28(19)18(14)11-12-26(5,34-24)36-38-28)31-23-17(4)20-10-8-15(2)21-29(20)25(33-23)35-27(6,13-30-21)37-39-29/h14-25H,7-13H2,1-6H3/t14-,15-,16-,17-,18+,19?,20+,21+,22?,23?,24-,25-,26+,27+,28?,29+/m1/s1. The van der Waals surface area contributed by atoms with E-state index in [0.29, 0.717) is 24.4 Å². The molecule has 4 bridgehead atoms. The molecular weight excluding hydrogens is 508 g/mol. The molecule has 0 aromatic carbocycles. The zero-order valence-electron chi connectivity index (χ0n) is 24.0. The van der Waals surface area contributed by atoms with E-state index in [1.165, 1.54) is 0 Å². The Morgan fingerprint density at radius 2 is 1.21 bits per heavy atom. The van der Waals surface area contributed by atoms with Gasteiger partial charge in [-0.1, -0.05) is 27.7 Å². The Hall–Kier alpha value is -0.400. The number of rotatable bonds is 2. The Bertz CT molecular complexity index is 921. The summed E-state index contributed by atoms with van der Waals surface area (Å²) in [7, 11) is 0. The molecule has 2 spiro atoms. The number of hydrogen-bond acceptors (Lipinski definition) is 10. The van der Waals surface area contributed by atoms with Crippen molar-refractivity contribution in [3.63, 3.8) is 0 Å². The van der Waals surface area contributed by atoms with Gasteiger partial charge in [0.1, 0.15) is 6.61 Å². The summed E-state index contributed by atoms with van der Waals surface area (Å²) < 4.78 is 39.5. The summed E-state index contributed by atoms with van der Waals surface area (Å²) in [5, 5.41) is 0. The van der Waals surface area contributed by atoms with Crippen LogP contribution in [0, 0.1) is 41.4 Å². The molecule has 8 heterocycles. The Balaban J connectivity index is 1.09. The third-order valence-corrected chi connectivity index (χ3v) is 11.8. The summed E-state index contributed by atoms with van der Waals surface area (Å²) in [4.78, 5) is 24.3. The van der Waals surface area contributed by atoms with Gasteiger partial charge in [0.15, 0.2) is 36.4 Å². The molecule has 10 aliphatic rings. The minimum Gasteiger partial charge on any atom is -0.369 e. The molecule has 0 N–H and O–H groups in total. The van der Waals surface area contributed by atoms with Gasteiger partial charge < -0.3 is 28.4 Å². The van der Waals surface area contributed by atoms with Crippen LogP contribution >= 0.6 is 0 Å². The van der Waals surface area contributed by atoms with Crippen LogP contribution in [0.5, 0.6) is 0 Å². The fourth-order valence-corrected chi connectivity index (χ4v) is 9.58. The van der Waals surface area contributed by atoms with Crippen LogP contribution in [-0.2, 0) is 48.0 Å². The molecule has 0 aromatic rings. The van der Waals surface area contributed by atoms with Crippen molar-refractivity contribution in [3.8, 4) is 0 Å². The minimum absolute atomic E-state index is 0.00363. The van der Waals surface area contributed by atoms with Gasteiger partial charge in [-0.2, -0.15) is 4.89 Å². The van der Waals surface area contributed by atoms with Crippen molar-refractivity contribution in [3.05, 3.63) is 0 Å². The largest absolute Gasteiger partial charge is 0.369 e. The molecule has 8 saturated heterocycles. The van der Waals surface area contributed by atoms with Crippen molar-refractivity contribution < 1.29 is 48.0 Å². The van der Waals surface area contributed by atoms with Gasteiger partial charge in [-0.05, 0) is 63.7 Å². The molecule has 0 aromatic heterocycles. The van der Waals surface area contributed by atoms with E-state index in [0.717, 1.165) is 38.5 Å². The second-order valence-electron chi connectivity index (χ2n) is 14.3. The van der Waals surface area contributed by atoms with E-state index in [-0.39, 0.29) is 29.8 Å². The van der Waals surface area contributed by atoms with Gasteiger partial charge >= 0.3 is 0 Å². The van der Waals surface area contributed by atoms with Crippen molar-refractivity contribution in [1.82, 2.24) is 0 Å². The maximum atomic E-state index is 6.81. The zero-order valence-corrected chi connectivity index (χ0v) is 24.0. The molecule has 39 heavy (non-hydrogen) atoms. The number of ether oxygens (including phenoxy) is 6. The molecule has 0 radical (unpaired) electrons. The fourth-order valence-electron chi connectivity index (χ4n) is 9.58. The van der Waals surface area contributed by atoms with E-state index >= 15 is 0 Å². The predicted molar refractivity (Wildman–Crippen MR) is 132 cm³/mol. The lowest BCUT2D eigenvalue weighted by molar-refractivity contribution is -0.587. The van der Waals surface area contributed by atoms with Crippen LogP contribution in [0.3, 0.4) is 0 Å². The van der Waals surface area contributed by atoms with Crippen LogP contribution in [0.2, 0.25) is 0 Å². The van der Waals surface area contributed by atoms with Crippen LogP contribution in [0.15, 0.2) is 0 Å². The first-order valence-electron chi connectivity index (χ1n) is 15.3. The maximum absolute atomic E-state index is 6.81. The van der Waals surface area contributed by atoms with Crippen molar-refractivity contribution >= 4 is 0 Å². The summed E-state index contributed by atoms with van der Waals surface area (Å²) >= 11 is 0. The molecule has 0 amide bonds. The molecular formula is C29H44O10. The summed E-state index contributed by atoms with van der Waals surface area (Å²) in [6, 6.07) is 0. The van der Waals surface area contributed by atoms with Crippen molar-refractivity contribution in [1.29, 1.82) is 0 Å². The smallest absolute Gasteiger partial charge is 0.224 e. The van der Waals surface area contributed by atoms with E-state index < -0.39 is 47.9 Å². The average molecular weight is 553 g/mol. The number of hydrogen-bond donors (Lipinski definition) is 0. The predicted octanol–water partition coefficient (Wildman–Crippen LogP) is 4.41. The van der Waals surface area contributed by atoms with E-state index in [2.05, 4.69) is 27.7 Å². The molecule has 2 aliphatic carbocycles.